The van der Waals surface area contributed by atoms with E-state index >= 15 is 0 Å². The summed E-state index contributed by atoms with van der Waals surface area (Å²) >= 11 is 3.38. The molecule has 2 aromatic rings. The smallest absolute Gasteiger partial charge is 0.280 e. The topological polar surface area (TPSA) is 64.0 Å². The summed E-state index contributed by atoms with van der Waals surface area (Å²) in [6.45, 7) is 6.35. The Morgan fingerprint density at radius 3 is 2.60 bits per heavy atom. The summed E-state index contributed by atoms with van der Waals surface area (Å²) in [4.78, 5) is 4.09. The van der Waals surface area contributed by atoms with Crippen molar-refractivity contribution in [2.75, 3.05) is 4.72 Å². The second-order valence-corrected chi connectivity index (χ2v) is 6.97. The number of hydrogen-bond acceptors (Lipinski definition) is 3. The molecule has 0 bridgehead atoms. The molecule has 0 aliphatic rings. The SMILES string of the molecule is CCn1cc(S(=O)(=O)Nc2ccc(C)c(Br)c2)nc1C. The highest BCUT2D eigenvalue weighted by molar-refractivity contribution is 9.10. The zero-order valence-electron chi connectivity index (χ0n) is 11.5. The number of imidazole rings is 1. The van der Waals surface area contributed by atoms with Crippen LogP contribution in [0.4, 0.5) is 5.69 Å². The molecule has 1 aromatic heterocycles. The van der Waals surface area contributed by atoms with Gasteiger partial charge in [-0.3, -0.25) is 4.72 Å². The maximum Gasteiger partial charge on any atom is 0.280 e. The maximum atomic E-state index is 12.3. The summed E-state index contributed by atoms with van der Waals surface area (Å²) in [5.74, 6) is 0.679. The molecule has 7 heteroatoms. The van der Waals surface area contributed by atoms with Crippen LogP contribution in [-0.2, 0) is 16.6 Å². The fourth-order valence-electron chi connectivity index (χ4n) is 1.79. The number of sulfonamides is 1. The van der Waals surface area contributed by atoms with Gasteiger partial charge in [0.05, 0.1) is 5.69 Å². The van der Waals surface area contributed by atoms with E-state index < -0.39 is 10.0 Å². The first-order valence-electron chi connectivity index (χ1n) is 6.16. The molecule has 5 nitrogen and oxygen atoms in total. The van der Waals surface area contributed by atoms with E-state index in [-0.39, 0.29) is 5.03 Å². The molecule has 20 heavy (non-hydrogen) atoms. The van der Waals surface area contributed by atoms with Crippen LogP contribution in [0.3, 0.4) is 0 Å². The molecule has 0 amide bonds. The number of aromatic nitrogens is 2. The third-order valence-corrected chi connectivity index (χ3v) is 5.10. The summed E-state index contributed by atoms with van der Waals surface area (Å²) in [5.41, 5.74) is 1.55. The molecule has 1 heterocycles. The van der Waals surface area contributed by atoms with E-state index in [1.807, 2.05) is 19.9 Å². The van der Waals surface area contributed by atoms with Crippen molar-refractivity contribution in [1.82, 2.24) is 9.55 Å². The monoisotopic (exact) mass is 357 g/mol. The highest BCUT2D eigenvalue weighted by atomic mass is 79.9. The predicted molar refractivity (Wildman–Crippen MR) is 82.3 cm³/mol. The van der Waals surface area contributed by atoms with Gasteiger partial charge in [0.25, 0.3) is 10.0 Å². The van der Waals surface area contributed by atoms with Crippen LogP contribution in [0.2, 0.25) is 0 Å². The van der Waals surface area contributed by atoms with Crippen LogP contribution in [0.25, 0.3) is 0 Å². The van der Waals surface area contributed by atoms with Gasteiger partial charge in [-0.05, 0) is 38.5 Å². The Kier molecular flexibility index (Phi) is 4.19. The molecule has 0 saturated heterocycles. The van der Waals surface area contributed by atoms with Crippen molar-refractivity contribution in [3.8, 4) is 0 Å². The molecule has 2 rings (SSSR count). The van der Waals surface area contributed by atoms with E-state index in [1.165, 1.54) is 0 Å². The number of anilines is 1. The van der Waals surface area contributed by atoms with Crippen molar-refractivity contribution in [1.29, 1.82) is 0 Å². The van der Waals surface area contributed by atoms with Crippen molar-refractivity contribution in [2.45, 2.75) is 32.3 Å². The lowest BCUT2D eigenvalue weighted by atomic mass is 10.2. The zero-order valence-corrected chi connectivity index (χ0v) is 13.9. The number of nitrogens with zero attached hydrogens (tertiary/aromatic N) is 2. The first kappa shape index (κ1) is 15.1. The van der Waals surface area contributed by atoms with Gasteiger partial charge in [-0.1, -0.05) is 22.0 Å². The molecule has 0 fully saturated rings. The largest absolute Gasteiger partial charge is 0.334 e. The number of halogens is 1. The molecule has 0 spiro atoms. The fraction of sp³-hybridized carbons (Fsp3) is 0.308. The molecule has 0 atom stereocenters. The Balaban J connectivity index is 2.32. The zero-order chi connectivity index (χ0) is 14.9. The molecule has 0 aliphatic heterocycles. The second-order valence-electron chi connectivity index (χ2n) is 4.48. The summed E-state index contributed by atoms with van der Waals surface area (Å²) in [5, 5.41) is 0.0357. The normalized spacial score (nSPS) is 11.6. The summed E-state index contributed by atoms with van der Waals surface area (Å²) in [6.07, 6.45) is 1.54. The quantitative estimate of drug-likeness (QED) is 0.914. The summed E-state index contributed by atoms with van der Waals surface area (Å²) < 4.78 is 29.7. The highest BCUT2D eigenvalue weighted by Gasteiger charge is 2.19. The van der Waals surface area contributed by atoms with E-state index in [0.717, 1.165) is 10.0 Å². The molecule has 1 aromatic carbocycles. The van der Waals surface area contributed by atoms with Crippen LogP contribution in [0.15, 0.2) is 33.9 Å². The average Bonchev–Trinajstić information content (AvgIpc) is 2.76. The molecule has 0 saturated carbocycles. The lowest BCUT2D eigenvalue weighted by molar-refractivity contribution is 0.598. The minimum Gasteiger partial charge on any atom is -0.334 e. The van der Waals surface area contributed by atoms with Gasteiger partial charge in [-0.2, -0.15) is 8.42 Å². The lowest BCUT2D eigenvalue weighted by Gasteiger charge is -2.07. The van der Waals surface area contributed by atoms with Crippen molar-refractivity contribution in [3.63, 3.8) is 0 Å². The Morgan fingerprint density at radius 2 is 2.05 bits per heavy atom. The lowest BCUT2D eigenvalue weighted by Crippen LogP contribution is -2.13. The summed E-state index contributed by atoms with van der Waals surface area (Å²) in [6, 6.07) is 5.30. The minimum absolute atomic E-state index is 0.0357. The maximum absolute atomic E-state index is 12.3. The molecule has 1 N–H and O–H groups in total. The number of aryl methyl sites for hydroxylation is 3. The Labute approximate surface area is 127 Å². The van der Waals surface area contributed by atoms with Crippen LogP contribution in [-0.4, -0.2) is 18.0 Å². The number of benzene rings is 1. The second kappa shape index (κ2) is 5.57. The van der Waals surface area contributed by atoms with Crippen LogP contribution in [0, 0.1) is 13.8 Å². The van der Waals surface area contributed by atoms with Crippen molar-refractivity contribution < 1.29 is 8.42 Å². The van der Waals surface area contributed by atoms with E-state index in [0.29, 0.717) is 18.1 Å². The van der Waals surface area contributed by atoms with Crippen molar-refractivity contribution in [3.05, 3.63) is 40.3 Å². The van der Waals surface area contributed by atoms with Crippen LogP contribution < -0.4 is 4.72 Å². The first-order chi connectivity index (χ1) is 9.33. The molecular formula is C13H16BrN3O2S. The third-order valence-electron chi connectivity index (χ3n) is 2.99. The average molecular weight is 358 g/mol. The standard InChI is InChI=1S/C13H16BrN3O2S/c1-4-17-8-13(15-10(17)3)20(18,19)16-11-6-5-9(2)12(14)7-11/h5-8,16H,4H2,1-3H3. The van der Waals surface area contributed by atoms with Crippen molar-refractivity contribution in [2.24, 2.45) is 0 Å². The van der Waals surface area contributed by atoms with E-state index in [1.54, 1.807) is 29.8 Å². The van der Waals surface area contributed by atoms with Gasteiger partial charge in [0.2, 0.25) is 0 Å². The van der Waals surface area contributed by atoms with E-state index in [2.05, 4.69) is 25.6 Å². The van der Waals surface area contributed by atoms with Gasteiger partial charge in [0.15, 0.2) is 5.03 Å². The van der Waals surface area contributed by atoms with Crippen LogP contribution in [0.1, 0.15) is 18.3 Å². The van der Waals surface area contributed by atoms with Crippen molar-refractivity contribution >= 4 is 31.6 Å². The van der Waals surface area contributed by atoms with Gasteiger partial charge in [0, 0.05) is 17.2 Å². The Hall–Kier alpha value is -1.34. The molecule has 0 aliphatic carbocycles. The van der Waals surface area contributed by atoms with Gasteiger partial charge in [0.1, 0.15) is 5.82 Å². The Morgan fingerprint density at radius 1 is 1.35 bits per heavy atom. The third kappa shape index (κ3) is 3.04. The van der Waals surface area contributed by atoms with Gasteiger partial charge >= 0.3 is 0 Å². The van der Waals surface area contributed by atoms with E-state index in [9.17, 15) is 8.42 Å². The molecular weight excluding hydrogens is 342 g/mol. The summed E-state index contributed by atoms with van der Waals surface area (Å²) in [7, 11) is -3.66. The minimum atomic E-state index is -3.66. The predicted octanol–water partition coefficient (Wildman–Crippen LogP) is 3.08. The van der Waals surface area contributed by atoms with Crippen LogP contribution >= 0.6 is 15.9 Å². The number of nitrogens with one attached hydrogen (secondary N) is 1. The van der Waals surface area contributed by atoms with Gasteiger partial charge in [-0.15, -0.1) is 0 Å². The number of rotatable bonds is 4. The molecule has 0 radical (unpaired) electrons. The highest BCUT2D eigenvalue weighted by Crippen LogP contribution is 2.22. The first-order valence-corrected chi connectivity index (χ1v) is 8.44. The van der Waals surface area contributed by atoms with E-state index in [4.69, 9.17) is 0 Å². The number of hydrogen-bond donors (Lipinski definition) is 1. The fourth-order valence-corrected chi connectivity index (χ4v) is 3.23. The van der Waals surface area contributed by atoms with Gasteiger partial charge < -0.3 is 4.57 Å². The van der Waals surface area contributed by atoms with Gasteiger partial charge in [-0.25, -0.2) is 4.98 Å². The molecule has 108 valence electrons. The Bertz CT molecular complexity index is 738. The van der Waals surface area contributed by atoms with Crippen LogP contribution in [0.5, 0.6) is 0 Å². The molecule has 0 unspecified atom stereocenters.